The van der Waals surface area contributed by atoms with Crippen LogP contribution in [-0.4, -0.2) is 27.7 Å². The zero-order valence-electron chi connectivity index (χ0n) is 12.1. The number of nitrogens with two attached hydrogens (primary N) is 1. The fourth-order valence-corrected chi connectivity index (χ4v) is 2.32. The van der Waals surface area contributed by atoms with Crippen molar-refractivity contribution in [2.45, 2.75) is 44.8 Å². The molecule has 0 aromatic carbocycles. The van der Waals surface area contributed by atoms with E-state index < -0.39 is 0 Å². The lowest BCUT2D eigenvalue weighted by Crippen LogP contribution is -2.34. The van der Waals surface area contributed by atoms with Crippen LogP contribution in [0.15, 0.2) is 16.0 Å². The van der Waals surface area contributed by atoms with E-state index in [1.165, 1.54) is 6.07 Å². The average Bonchev–Trinajstić information content (AvgIpc) is 2.33. The van der Waals surface area contributed by atoms with Gasteiger partial charge in [-0.2, -0.15) is 0 Å². The Balaban J connectivity index is 2.37. The van der Waals surface area contributed by atoms with Gasteiger partial charge in [-0.1, -0.05) is 25.6 Å². The number of anilines is 1. The van der Waals surface area contributed by atoms with E-state index in [1.807, 2.05) is 6.92 Å². The van der Waals surface area contributed by atoms with Crippen LogP contribution in [0.5, 0.6) is 0 Å². The van der Waals surface area contributed by atoms with Crippen LogP contribution < -0.4 is 16.6 Å². The normalized spacial score (nSPS) is 12.4. The summed E-state index contributed by atoms with van der Waals surface area (Å²) in [6.45, 7) is 6.31. The fourth-order valence-electron chi connectivity index (χ4n) is 1.63. The lowest BCUT2D eigenvalue weighted by Gasteiger charge is -2.14. The standard InChI is InChI=1S/C13H22N4O2S/c1-8(2)4-5-9(3)15-12(19)7-20-13-16-10(14)6-11(18)17-13/h6,8-9H,4-5,7H2,1-3H3,(H,15,19)(H3,14,16,17,18). The molecule has 1 aromatic heterocycles. The van der Waals surface area contributed by atoms with E-state index in [0.717, 1.165) is 24.6 Å². The van der Waals surface area contributed by atoms with Crippen molar-refractivity contribution < 1.29 is 4.79 Å². The van der Waals surface area contributed by atoms with Gasteiger partial charge < -0.3 is 16.0 Å². The Morgan fingerprint density at radius 1 is 1.45 bits per heavy atom. The first-order chi connectivity index (χ1) is 9.36. The summed E-state index contributed by atoms with van der Waals surface area (Å²) in [5, 5.41) is 3.29. The van der Waals surface area contributed by atoms with E-state index >= 15 is 0 Å². The van der Waals surface area contributed by atoms with E-state index in [-0.39, 0.29) is 29.1 Å². The van der Waals surface area contributed by atoms with Gasteiger partial charge in [0.1, 0.15) is 5.82 Å². The third-order valence-electron chi connectivity index (χ3n) is 2.66. The summed E-state index contributed by atoms with van der Waals surface area (Å²) < 4.78 is 0. The van der Waals surface area contributed by atoms with E-state index in [9.17, 15) is 9.59 Å². The molecule has 1 aromatic rings. The molecule has 1 unspecified atom stereocenters. The number of H-pyrrole nitrogens is 1. The van der Waals surface area contributed by atoms with Crippen molar-refractivity contribution in [3.05, 3.63) is 16.4 Å². The minimum Gasteiger partial charge on any atom is -0.383 e. The number of carbonyl (C=O) groups is 1. The van der Waals surface area contributed by atoms with Crippen LogP contribution in [0.3, 0.4) is 0 Å². The Morgan fingerprint density at radius 2 is 2.15 bits per heavy atom. The minimum absolute atomic E-state index is 0.0728. The summed E-state index contributed by atoms with van der Waals surface area (Å²) in [6, 6.07) is 1.36. The minimum atomic E-state index is -0.314. The quantitative estimate of drug-likeness (QED) is 0.521. The molecule has 0 radical (unpaired) electrons. The number of hydrogen-bond acceptors (Lipinski definition) is 5. The van der Waals surface area contributed by atoms with Crippen LogP contribution in [0.4, 0.5) is 5.82 Å². The maximum absolute atomic E-state index is 11.8. The van der Waals surface area contributed by atoms with Crippen molar-refractivity contribution in [1.29, 1.82) is 0 Å². The molecule has 1 atom stereocenters. The molecule has 0 aliphatic heterocycles. The Bertz CT molecular complexity index is 501. The topological polar surface area (TPSA) is 101 Å². The Hall–Kier alpha value is -1.50. The predicted molar refractivity (Wildman–Crippen MR) is 81.7 cm³/mol. The maximum atomic E-state index is 11.8. The Morgan fingerprint density at radius 3 is 2.75 bits per heavy atom. The fraction of sp³-hybridized carbons (Fsp3) is 0.615. The third kappa shape index (κ3) is 6.60. The second-order valence-electron chi connectivity index (χ2n) is 5.20. The van der Waals surface area contributed by atoms with E-state index in [0.29, 0.717) is 11.1 Å². The number of nitrogens with zero attached hydrogens (tertiary/aromatic N) is 1. The smallest absolute Gasteiger partial charge is 0.253 e. The van der Waals surface area contributed by atoms with Gasteiger partial charge >= 0.3 is 0 Å². The van der Waals surface area contributed by atoms with Crippen molar-refractivity contribution in [3.8, 4) is 0 Å². The summed E-state index contributed by atoms with van der Waals surface area (Å²) >= 11 is 1.16. The highest BCUT2D eigenvalue weighted by atomic mass is 32.2. The summed E-state index contributed by atoms with van der Waals surface area (Å²) in [5.41, 5.74) is 5.16. The summed E-state index contributed by atoms with van der Waals surface area (Å²) in [5.74, 6) is 0.918. The van der Waals surface area contributed by atoms with Gasteiger partial charge in [-0.15, -0.1) is 0 Å². The van der Waals surface area contributed by atoms with Crippen LogP contribution in [0.1, 0.15) is 33.6 Å². The van der Waals surface area contributed by atoms with Crippen molar-refractivity contribution in [3.63, 3.8) is 0 Å². The van der Waals surface area contributed by atoms with E-state index in [2.05, 4.69) is 29.1 Å². The largest absolute Gasteiger partial charge is 0.383 e. The Kier molecular flexibility index (Phi) is 6.57. The highest BCUT2D eigenvalue weighted by molar-refractivity contribution is 7.99. The van der Waals surface area contributed by atoms with Gasteiger partial charge in [-0.05, 0) is 25.7 Å². The molecule has 1 rings (SSSR count). The lowest BCUT2D eigenvalue weighted by atomic mass is 10.0. The molecule has 0 aliphatic carbocycles. The highest BCUT2D eigenvalue weighted by Gasteiger charge is 2.09. The van der Waals surface area contributed by atoms with Crippen molar-refractivity contribution >= 4 is 23.5 Å². The summed E-state index contributed by atoms with van der Waals surface area (Å²) in [7, 11) is 0. The van der Waals surface area contributed by atoms with E-state index in [1.54, 1.807) is 0 Å². The molecule has 0 fully saturated rings. The number of carbonyl (C=O) groups excluding carboxylic acids is 1. The van der Waals surface area contributed by atoms with Crippen molar-refractivity contribution in [2.24, 2.45) is 5.92 Å². The molecule has 4 N–H and O–H groups in total. The molecule has 1 amide bonds. The zero-order chi connectivity index (χ0) is 15.1. The summed E-state index contributed by atoms with van der Waals surface area (Å²) in [6.07, 6.45) is 2.04. The molecule has 7 heteroatoms. The predicted octanol–water partition coefficient (Wildman–Crippen LogP) is 1.39. The van der Waals surface area contributed by atoms with Crippen molar-refractivity contribution in [1.82, 2.24) is 15.3 Å². The van der Waals surface area contributed by atoms with Crippen LogP contribution >= 0.6 is 11.8 Å². The highest BCUT2D eigenvalue weighted by Crippen LogP contribution is 2.12. The average molecular weight is 298 g/mol. The number of thioether (sulfide) groups is 1. The van der Waals surface area contributed by atoms with Gasteiger partial charge in [0.15, 0.2) is 5.16 Å². The maximum Gasteiger partial charge on any atom is 0.253 e. The van der Waals surface area contributed by atoms with Crippen LogP contribution in [0, 0.1) is 5.92 Å². The first-order valence-electron chi connectivity index (χ1n) is 6.66. The van der Waals surface area contributed by atoms with E-state index in [4.69, 9.17) is 5.73 Å². The van der Waals surface area contributed by atoms with Gasteiger partial charge in [0.25, 0.3) is 5.56 Å². The van der Waals surface area contributed by atoms with Crippen LogP contribution in [0.25, 0.3) is 0 Å². The second-order valence-corrected chi connectivity index (χ2v) is 6.17. The molecule has 112 valence electrons. The van der Waals surface area contributed by atoms with Crippen LogP contribution in [-0.2, 0) is 4.79 Å². The molecule has 0 aliphatic rings. The number of rotatable bonds is 7. The lowest BCUT2D eigenvalue weighted by molar-refractivity contribution is -0.119. The van der Waals surface area contributed by atoms with Gasteiger partial charge in [0, 0.05) is 12.1 Å². The number of amides is 1. The Labute approximate surface area is 122 Å². The number of nitrogen functional groups attached to an aromatic ring is 1. The molecular weight excluding hydrogens is 276 g/mol. The summed E-state index contributed by atoms with van der Waals surface area (Å²) in [4.78, 5) is 29.4. The van der Waals surface area contributed by atoms with Gasteiger partial charge in [0.05, 0.1) is 5.75 Å². The molecule has 0 spiro atoms. The number of nitrogens with one attached hydrogen (secondary N) is 2. The first kappa shape index (κ1) is 16.6. The zero-order valence-corrected chi connectivity index (χ0v) is 12.9. The third-order valence-corrected chi connectivity index (χ3v) is 3.54. The molecule has 6 nitrogen and oxygen atoms in total. The number of aromatic amines is 1. The first-order valence-corrected chi connectivity index (χ1v) is 7.64. The molecule has 1 heterocycles. The second kappa shape index (κ2) is 7.94. The molecule has 0 bridgehead atoms. The number of aromatic nitrogens is 2. The van der Waals surface area contributed by atoms with Crippen molar-refractivity contribution in [2.75, 3.05) is 11.5 Å². The van der Waals surface area contributed by atoms with Gasteiger partial charge in [0.2, 0.25) is 5.91 Å². The monoisotopic (exact) mass is 298 g/mol. The SMILES string of the molecule is CC(C)CCC(C)NC(=O)CSc1nc(N)cc(=O)[nH]1. The molecule has 20 heavy (non-hydrogen) atoms. The van der Waals surface area contributed by atoms with Gasteiger partial charge in [-0.25, -0.2) is 4.98 Å². The molecular formula is C13H22N4O2S. The number of hydrogen-bond donors (Lipinski definition) is 3. The van der Waals surface area contributed by atoms with Gasteiger partial charge in [-0.3, -0.25) is 9.59 Å². The molecule has 0 saturated carbocycles. The van der Waals surface area contributed by atoms with Crippen LogP contribution in [0.2, 0.25) is 0 Å². The molecule has 0 saturated heterocycles.